The molecule has 2 aromatic rings. The smallest absolute Gasteiger partial charge is 0.140 e. The lowest BCUT2D eigenvalue weighted by molar-refractivity contribution is 0.621. The van der Waals surface area contributed by atoms with E-state index in [1.807, 2.05) is 11.4 Å². The second-order valence-corrected chi connectivity index (χ2v) is 4.76. The van der Waals surface area contributed by atoms with Crippen LogP contribution in [0.4, 0.5) is 4.39 Å². The molecule has 1 N–H and O–H groups in total. The van der Waals surface area contributed by atoms with E-state index in [1.165, 1.54) is 6.07 Å². The topological polar surface area (TPSA) is 48.7 Å². The normalized spacial score (nSPS) is 10.2. The van der Waals surface area contributed by atoms with Crippen LogP contribution in [-0.2, 0) is 13.0 Å². The molecule has 0 bridgehead atoms. The second kappa shape index (κ2) is 6.24. The summed E-state index contributed by atoms with van der Waals surface area (Å²) < 4.78 is 13.1. The Labute approximate surface area is 109 Å². The maximum absolute atomic E-state index is 13.1. The van der Waals surface area contributed by atoms with Crippen LogP contribution in [0.5, 0.6) is 0 Å². The minimum absolute atomic E-state index is 0.0919. The highest BCUT2D eigenvalue weighted by Gasteiger charge is 2.02. The van der Waals surface area contributed by atoms with Crippen molar-refractivity contribution in [3.8, 4) is 6.07 Å². The molecule has 0 aliphatic heterocycles. The van der Waals surface area contributed by atoms with Gasteiger partial charge in [-0.3, -0.25) is 0 Å². The van der Waals surface area contributed by atoms with E-state index in [4.69, 9.17) is 5.26 Å². The third-order valence-corrected chi connectivity index (χ3v) is 3.32. The first-order chi connectivity index (χ1) is 8.79. The highest BCUT2D eigenvalue weighted by atomic mass is 32.1. The van der Waals surface area contributed by atoms with Gasteiger partial charge in [-0.1, -0.05) is 6.07 Å². The average Bonchev–Trinajstić information content (AvgIpc) is 2.89. The number of halogens is 1. The summed E-state index contributed by atoms with van der Waals surface area (Å²) >= 11 is 1.63. The third-order valence-electron chi connectivity index (χ3n) is 2.48. The molecule has 0 fully saturated rings. The molecule has 0 aliphatic rings. The van der Waals surface area contributed by atoms with Crippen molar-refractivity contribution in [2.75, 3.05) is 6.54 Å². The van der Waals surface area contributed by atoms with Crippen LogP contribution in [0.1, 0.15) is 16.1 Å². The first-order valence-electron chi connectivity index (χ1n) is 5.57. The molecule has 0 aliphatic carbocycles. The molecule has 18 heavy (non-hydrogen) atoms. The fraction of sp³-hybridized carbons (Fsp3) is 0.231. The molecule has 2 rings (SSSR count). The van der Waals surface area contributed by atoms with Crippen molar-refractivity contribution >= 4 is 11.3 Å². The Hall–Kier alpha value is -1.77. The summed E-state index contributed by atoms with van der Waals surface area (Å²) in [6, 6.07) is 6.43. The summed E-state index contributed by atoms with van der Waals surface area (Å²) in [6.45, 7) is 1.44. The molecule has 3 nitrogen and oxygen atoms in total. The summed E-state index contributed by atoms with van der Waals surface area (Å²) in [7, 11) is 0. The summed E-state index contributed by atoms with van der Waals surface area (Å²) in [5, 5.41) is 15.0. The minimum Gasteiger partial charge on any atom is -0.312 e. The van der Waals surface area contributed by atoms with E-state index in [0.29, 0.717) is 6.54 Å². The SMILES string of the molecule is N#Cc1cc(CNCCc2nccs2)ccc1F. The summed E-state index contributed by atoms with van der Waals surface area (Å²) in [6.07, 6.45) is 2.67. The van der Waals surface area contributed by atoms with Gasteiger partial charge in [0.15, 0.2) is 0 Å². The molecule has 1 aromatic carbocycles. The first kappa shape index (κ1) is 12.7. The molecular weight excluding hydrogens is 249 g/mol. The predicted molar refractivity (Wildman–Crippen MR) is 68.6 cm³/mol. The van der Waals surface area contributed by atoms with Gasteiger partial charge in [0.1, 0.15) is 11.9 Å². The van der Waals surface area contributed by atoms with E-state index in [1.54, 1.807) is 29.7 Å². The van der Waals surface area contributed by atoms with E-state index >= 15 is 0 Å². The fourth-order valence-electron chi connectivity index (χ4n) is 1.57. The molecule has 0 spiro atoms. The maximum Gasteiger partial charge on any atom is 0.140 e. The lowest BCUT2D eigenvalue weighted by atomic mass is 10.1. The molecule has 0 saturated carbocycles. The van der Waals surface area contributed by atoms with Gasteiger partial charge in [0, 0.05) is 31.1 Å². The van der Waals surface area contributed by atoms with Crippen molar-refractivity contribution in [1.29, 1.82) is 5.26 Å². The largest absolute Gasteiger partial charge is 0.312 e. The van der Waals surface area contributed by atoms with Gasteiger partial charge < -0.3 is 5.32 Å². The van der Waals surface area contributed by atoms with Gasteiger partial charge in [0.25, 0.3) is 0 Å². The van der Waals surface area contributed by atoms with Gasteiger partial charge in [-0.15, -0.1) is 11.3 Å². The van der Waals surface area contributed by atoms with Crippen LogP contribution in [0, 0.1) is 17.1 Å². The number of thiazole rings is 1. The standard InChI is InChI=1S/C13H12FN3S/c14-12-2-1-10(7-11(12)8-15)9-16-4-3-13-17-5-6-18-13/h1-2,5-7,16H,3-4,9H2. The lowest BCUT2D eigenvalue weighted by Gasteiger charge is -2.04. The Balaban J connectivity index is 1.82. The Morgan fingerprint density at radius 3 is 3.06 bits per heavy atom. The first-order valence-corrected chi connectivity index (χ1v) is 6.45. The van der Waals surface area contributed by atoms with Crippen molar-refractivity contribution in [2.45, 2.75) is 13.0 Å². The number of aromatic nitrogens is 1. The number of nitrogens with zero attached hydrogens (tertiary/aromatic N) is 2. The summed E-state index contributed by atoms with van der Waals surface area (Å²) in [4.78, 5) is 4.19. The highest BCUT2D eigenvalue weighted by Crippen LogP contribution is 2.09. The molecule has 0 radical (unpaired) electrons. The lowest BCUT2D eigenvalue weighted by Crippen LogP contribution is -2.16. The molecule has 1 aromatic heterocycles. The van der Waals surface area contributed by atoms with Crippen LogP contribution in [0.25, 0.3) is 0 Å². The van der Waals surface area contributed by atoms with Gasteiger partial charge in [-0.25, -0.2) is 9.37 Å². The highest BCUT2D eigenvalue weighted by molar-refractivity contribution is 7.09. The zero-order valence-electron chi connectivity index (χ0n) is 9.69. The number of rotatable bonds is 5. The van der Waals surface area contributed by atoms with Crippen LogP contribution >= 0.6 is 11.3 Å². The van der Waals surface area contributed by atoms with Crippen molar-refractivity contribution < 1.29 is 4.39 Å². The number of benzene rings is 1. The number of hydrogen-bond acceptors (Lipinski definition) is 4. The van der Waals surface area contributed by atoms with E-state index in [9.17, 15) is 4.39 Å². The minimum atomic E-state index is -0.468. The molecule has 0 unspecified atom stereocenters. The van der Waals surface area contributed by atoms with E-state index in [-0.39, 0.29) is 5.56 Å². The van der Waals surface area contributed by atoms with Gasteiger partial charge in [-0.05, 0) is 17.7 Å². The van der Waals surface area contributed by atoms with Gasteiger partial charge in [0.05, 0.1) is 10.6 Å². The molecule has 0 amide bonds. The Bertz CT molecular complexity index is 546. The maximum atomic E-state index is 13.1. The monoisotopic (exact) mass is 261 g/mol. The van der Waals surface area contributed by atoms with E-state index in [0.717, 1.165) is 23.5 Å². The number of nitrogens with one attached hydrogen (secondary N) is 1. The Kier molecular flexibility index (Phi) is 4.40. The predicted octanol–water partition coefficient (Wildman–Crippen LogP) is 2.49. The molecule has 92 valence electrons. The van der Waals surface area contributed by atoms with Gasteiger partial charge >= 0.3 is 0 Å². The van der Waals surface area contributed by atoms with Crippen LogP contribution in [0.2, 0.25) is 0 Å². The quantitative estimate of drug-likeness (QED) is 0.841. The van der Waals surface area contributed by atoms with Crippen molar-refractivity contribution in [3.05, 3.63) is 51.7 Å². The molecule has 0 saturated heterocycles. The zero-order valence-corrected chi connectivity index (χ0v) is 10.5. The van der Waals surface area contributed by atoms with Crippen molar-refractivity contribution in [3.63, 3.8) is 0 Å². The molecule has 1 heterocycles. The van der Waals surface area contributed by atoms with Crippen molar-refractivity contribution in [2.24, 2.45) is 0 Å². The zero-order chi connectivity index (χ0) is 12.8. The Morgan fingerprint density at radius 1 is 1.44 bits per heavy atom. The molecule has 5 heteroatoms. The Morgan fingerprint density at radius 2 is 2.33 bits per heavy atom. The van der Waals surface area contributed by atoms with Gasteiger partial charge in [0.2, 0.25) is 0 Å². The fourth-order valence-corrected chi connectivity index (χ4v) is 2.19. The number of hydrogen-bond donors (Lipinski definition) is 1. The summed E-state index contributed by atoms with van der Waals surface area (Å²) in [5.41, 5.74) is 1.00. The van der Waals surface area contributed by atoms with Crippen LogP contribution in [0.15, 0.2) is 29.8 Å². The van der Waals surface area contributed by atoms with Crippen molar-refractivity contribution in [1.82, 2.24) is 10.3 Å². The second-order valence-electron chi connectivity index (χ2n) is 3.78. The van der Waals surface area contributed by atoms with E-state index in [2.05, 4.69) is 10.3 Å². The third kappa shape index (κ3) is 3.36. The van der Waals surface area contributed by atoms with Crippen LogP contribution < -0.4 is 5.32 Å². The molecular formula is C13H12FN3S. The van der Waals surface area contributed by atoms with Gasteiger partial charge in [-0.2, -0.15) is 5.26 Å². The van der Waals surface area contributed by atoms with E-state index < -0.39 is 5.82 Å². The number of nitriles is 1. The average molecular weight is 261 g/mol. The molecule has 0 atom stereocenters. The summed E-state index contributed by atoms with van der Waals surface area (Å²) in [5.74, 6) is -0.468. The van der Waals surface area contributed by atoms with Crippen LogP contribution in [0.3, 0.4) is 0 Å². The van der Waals surface area contributed by atoms with Crippen LogP contribution in [-0.4, -0.2) is 11.5 Å².